The lowest BCUT2D eigenvalue weighted by Gasteiger charge is -2.13. The monoisotopic (exact) mass is 337 g/mol. The Morgan fingerprint density at radius 3 is 2.35 bits per heavy atom. The summed E-state index contributed by atoms with van der Waals surface area (Å²) in [6.45, 7) is 0.619. The summed E-state index contributed by atoms with van der Waals surface area (Å²) in [5.74, 6) is 6.68. The first-order chi connectivity index (χ1) is 9.58. The molecule has 7 nitrogen and oxygen atoms in total. The summed E-state index contributed by atoms with van der Waals surface area (Å²) in [5, 5.41) is 3.15. The van der Waals surface area contributed by atoms with Crippen molar-refractivity contribution >= 4 is 33.8 Å². The number of nitrogens with zero attached hydrogens (tertiary/aromatic N) is 4. The minimum Gasteiger partial charge on any atom is -0.350 e. The molecule has 2 rings (SSSR count). The van der Waals surface area contributed by atoms with Crippen molar-refractivity contribution in [1.82, 2.24) is 15.0 Å². The molecule has 0 aliphatic carbocycles. The Balaban J connectivity index is 2.12. The molecule has 1 heterocycles. The maximum atomic E-state index is 5.36. The lowest BCUT2D eigenvalue weighted by atomic mass is 10.2. The Bertz CT molecular complexity index is 571. The molecule has 0 saturated heterocycles. The van der Waals surface area contributed by atoms with E-state index in [0.717, 1.165) is 10.0 Å². The molecule has 0 aliphatic rings. The molecule has 0 amide bonds. The van der Waals surface area contributed by atoms with Crippen LogP contribution in [0.15, 0.2) is 28.7 Å². The van der Waals surface area contributed by atoms with Crippen LogP contribution in [0.1, 0.15) is 5.56 Å². The predicted octanol–water partition coefficient (Wildman–Crippen LogP) is 1.60. The van der Waals surface area contributed by atoms with E-state index in [1.165, 1.54) is 0 Å². The highest BCUT2D eigenvalue weighted by Crippen LogP contribution is 2.13. The highest BCUT2D eigenvalue weighted by atomic mass is 79.9. The Hall–Kier alpha value is -1.93. The fourth-order valence-electron chi connectivity index (χ4n) is 1.49. The minimum atomic E-state index is 0.321. The van der Waals surface area contributed by atoms with Crippen LogP contribution < -0.4 is 21.5 Å². The number of halogens is 1. The van der Waals surface area contributed by atoms with Gasteiger partial charge in [-0.1, -0.05) is 28.1 Å². The summed E-state index contributed by atoms with van der Waals surface area (Å²) < 4.78 is 1.05. The van der Waals surface area contributed by atoms with Gasteiger partial charge >= 0.3 is 0 Å². The summed E-state index contributed by atoms with van der Waals surface area (Å²) in [6, 6.07) is 8.02. The zero-order valence-electron chi connectivity index (χ0n) is 11.3. The average Bonchev–Trinajstić information content (AvgIpc) is 2.46. The van der Waals surface area contributed by atoms with Gasteiger partial charge in [0.05, 0.1) is 0 Å². The number of hydrogen-bond acceptors (Lipinski definition) is 7. The molecule has 0 bridgehead atoms. The minimum absolute atomic E-state index is 0.321. The van der Waals surface area contributed by atoms with Crippen LogP contribution in [0.2, 0.25) is 0 Å². The second-order valence-corrected chi connectivity index (χ2v) is 5.22. The van der Waals surface area contributed by atoms with Crippen molar-refractivity contribution in [2.75, 3.05) is 29.7 Å². The van der Waals surface area contributed by atoms with E-state index in [4.69, 9.17) is 5.84 Å². The van der Waals surface area contributed by atoms with Crippen LogP contribution in [0, 0.1) is 0 Å². The molecule has 8 heteroatoms. The normalized spacial score (nSPS) is 10.2. The summed E-state index contributed by atoms with van der Waals surface area (Å²) >= 11 is 3.40. The zero-order chi connectivity index (χ0) is 14.5. The molecule has 4 N–H and O–H groups in total. The first-order valence-corrected chi connectivity index (χ1v) is 6.76. The van der Waals surface area contributed by atoms with Crippen molar-refractivity contribution < 1.29 is 0 Å². The predicted molar refractivity (Wildman–Crippen MR) is 83.4 cm³/mol. The largest absolute Gasteiger partial charge is 0.350 e. The van der Waals surface area contributed by atoms with Crippen LogP contribution in [-0.2, 0) is 6.54 Å². The molecule has 1 aromatic heterocycles. The van der Waals surface area contributed by atoms with Crippen LogP contribution in [0.3, 0.4) is 0 Å². The van der Waals surface area contributed by atoms with E-state index in [2.05, 4.69) is 41.6 Å². The van der Waals surface area contributed by atoms with E-state index < -0.39 is 0 Å². The number of rotatable bonds is 5. The standard InChI is InChI=1S/C12H16BrN7/c1-20(2)12-17-10(16-11(18-12)19-14)15-7-8-3-5-9(13)6-4-8/h3-6H,7,14H2,1-2H3,(H2,15,16,17,18,19). The number of hydrazine groups is 1. The quantitative estimate of drug-likeness (QED) is 0.563. The number of hydrogen-bond donors (Lipinski definition) is 3. The maximum Gasteiger partial charge on any atom is 0.243 e. The van der Waals surface area contributed by atoms with Crippen molar-refractivity contribution in [2.45, 2.75) is 6.54 Å². The number of nitrogens with one attached hydrogen (secondary N) is 2. The van der Waals surface area contributed by atoms with Gasteiger partial charge in [-0.2, -0.15) is 15.0 Å². The molecule has 106 valence electrons. The van der Waals surface area contributed by atoms with E-state index in [9.17, 15) is 0 Å². The Kier molecular flexibility index (Phi) is 4.70. The Morgan fingerprint density at radius 1 is 1.10 bits per heavy atom. The molecular formula is C12H16BrN7. The van der Waals surface area contributed by atoms with E-state index in [1.807, 2.05) is 38.4 Å². The second-order valence-electron chi connectivity index (χ2n) is 4.30. The average molecular weight is 338 g/mol. The van der Waals surface area contributed by atoms with Crippen LogP contribution in [-0.4, -0.2) is 29.0 Å². The highest BCUT2D eigenvalue weighted by molar-refractivity contribution is 9.10. The van der Waals surface area contributed by atoms with Gasteiger partial charge in [-0.25, -0.2) is 5.84 Å². The fraction of sp³-hybridized carbons (Fsp3) is 0.250. The molecule has 0 spiro atoms. The van der Waals surface area contributed by atoms with Crippen LogP contribution in [0.25, 0.3) is 0 Å². The topological polar surface area (TPSA) is 92.0 Å². The zero-order valence-corrected chi connectivity index (χ0v) is 12.8. The molecule has 0 aliphatic heterocycles. The molecule has 0 atom stereocenters. The summed E-state index contributed by atoms with van der Waals surface area (Å²) in [4.78, 5) is 14.4. The lowest BCUT2D eigenvalue weighted by molar-refractivity contribution is 0.939. The van der Waals surface area contributed by atoms with Gasteiger partial charge in [0.1, 0.15) is 0 Å². The molecule has 20 heavy (non-hydrogen) atoms. The highest BCUT2D eigenvalue weighted by Gasteiger charge is 2.07. The second kappa shape index (κ2) is 6.49. The third-order valence-electron chi connectivity index (χ3n) is 2.52. The number of anilines is 3. The molecule has 0 unspecified atom stereocenters. The molecular weight excluding hydrogens is 322 g/mol. The van der Waals surface area contributed by atoms with Gasteiger partial charge in [-0.15, -0.1) is 0 Å². The first-order valence-electron chi connectivity index (χ1n) is 5.97. The summed E-state index contributed by atoms with van der Waals surface area (Å²) in [7, 11) is 3.71. The van der Waals surface area contributed by atoms with Gasteiger partial charge in [0.2, 0.25) is 17.8 Å². The Labute approximate surface area is 125 Å². The van der Waals surface area contributed by atoms with E-state index in [-0.39, 0.29) is 0 Å². The summed E-state index contributed by atoms with van der Waals surface area (Å²) in [5.41, 5.74) is 3.56. The van der Waals surface area contributed by atoms with Crippen molar-refractivity contribution in [2.24, 2.45) is 5.84 Å². The van der Waals surface area contributed by atoms with Gasteiger partial charge in [-0.3, -0.25) is 5.43 Å². The van der Waals surface area contributed by atoms with E-state index in [0.29, 0.717) is 24.4 Å². The van der Waals surface area contributed by atoms with Gasteiger partial charge < -0.3 is 10.2 Å². The van der Waals surface area contributed by atoms with Gasteiger partial charge in [0.15, 0.2) is 0 Å². The van der Waals surface area contributed by atoms with Gasteiger partial charge in [-0.05, 0) is 17.7 Å². The van der Waals surface area contributed by atoms with Crippen molar-refractivity contribution in [3.8, 4) is 0 Å². The number of benzene rings is 1. The molecule has 2 aromatic rings. The van der Waals surface area contributed by atoms with Crippen LogP contribution in [0.5, 0.6) is 0 Å². The number of nitrogen functional groups attached to an aromatic ring is 1. The molecule has 0 fully saturated rings. The van der Waals surface area contributed by atoms with Crippen molar-refractivity contribution in [1.29, 1.82) is 0 Å². The molecule has 0 saturated carbocycles. The number of aromatic nitrogens is 3. The SMILES string of the molecule is CN(C)c1nc(NN)nc(NCc2ccc(Br)cc2)n1. The smallest absolute Gasteiger partial charge is 0.243 e. The van der Waals surface area contributed by atoms with Gasteiger partial charge in [0, 0.05) is 25.1 Å². The van der Waals surface area contributed by atoms with Crippen LogP contribution >= 0.6 is 15.9 Å². The maximum absolute atomic E-state index is 5.36. The third-order valence-corrected chi connectivity index (χ3v) is 3.05. The lowest BCUT2D eigenvalue weighted by Crippen LogP contribution is -2.19. The van der Waals surface area contributed by atoms with Crippen molar-refractivity contribution in [3.63, 3.8) is 0 Å². The molecule has 1 aromatic carbocycles. The van der Waals surface area contributed by atoms with E-state index in [1.54, 1.807) is 4.90 Å². The Morgan fingerprint density at radius 2 is 1.75 bits per heavy atom. The van der Waals surface area contributed by atoms with Crippen molar-refractivity contribution in [3.05, 3.63) is 34.3 Å². The fourth-order valence-corrected chi connectivity index (χ4v) is 1.76. The van der Waals surface area contributed by atoms with E-state index >= 15 is 0 Å². The van der Waals surface area contributed by atoms with Gasteiger partial charge in [0.25, 0.3) is 0 Å². The third kappa shape index (κ3) is 3.78. The van der Waals surface area contributed by atoms with Crippen LogP contribution in [0.4, 0.5) is 17.8 Å². The number of nitrogens with two attached hydrogens (primary N) is 1. The summed E-state index contributed by atoms with van der Waals surface area (Å²) in [6.07, 6.45) is 0. The molecule has 0 radical (unpaired) electrons. The first kappa shape index (κ1) is 14.5.